The zero-order valence-electron chi connectivity index (χ0n) is 8.09. The lowest BCUT2D eigenvalue weighted by Gasteiger charge is -2.23. The van der Waals surface area contributed by atoms with Gasteiger partial charge in [0.1, 0.15) is 6.04 Å². The van der Waals surface area contributed by atoms with Gasteiger partial charge in [-0.2, -0.15) is 0 Å². The molecule has 2 heterocycles. The molecule has 0 aliphatic carbocycles. The van der Waals surface area contributed by atoms with Crippen LogP contribution in [0, 0.1) is 0 Å². The highest BCUT2D eigenvalue weighted by Crippen LogP contribution is 2.41. The Bertz CT molecular complexity index is 420. The molecule has 3 rings (SSSR count). The molecule has 0 aromatic heterocycles. The number of likely N-dealkylation sites (N-methyl/N-ethyl adjacent to an activating group) is 1. The molecule has 1 aromatic rings. The van der Waals surface area contributed by atoms with E-state index in [1.165, 1.54) is 11.3 Å². The Morgan fingerprint density at radius 3 is 3.07 bits per heavy atom. The molecule has 2 atom stereocenters. The van der Waals surface area contributed by atoms with Crippen molar-refractivity contribution in [3.8, 4) is 0 Å². The van der Waals surface area contributed by atoms with Crippen LogP contribution in [0.25, 0.3) is 0 Å². The maximum Gasteiger partial charge on any atom is 0.101 e. The standard InChI is InChI=1S/C12H12N2/c1-14-10-6-3-2-5-9(10)12-11(14)7-4-8-13-12/h2-8,11-12H,1H3. The minimum absolute atomic E-state index is 0.307. The van der Waals surface area contributed by atoms with E-state index in [1.807, 2.05) is 12.3 Å². The molecule has 0 saturated carbocycles. The number of dihydropyridines is 1. The summed E-state index contributed by atoms with van der Waals surface area (Å²) in [7, 11) is 2.13. The lowest BCUT2D eigenvalue weighted by molar-refractivity contribution is 0.652. The van der Waals surface area contributed by atoms with E-state index >= 15 is 0 Å². The molecule has 0 saturated heterocycles. The fourth-order valence-electron chi connectivity index (χ4n) is 2.32. The second-order valence-corrected chi connectivity index (χ2v) is 3.79. The molecular formula is C12H12N2. The maximum absolute atomic E-state index is 4.53. The van der Waals surface area contributed by atoms with Crippen molar-refractivity contribution in [2.45, 2.75) is 12.1 Å². The fraction of sp³-hybridized carbons (Fsp3) is 0.250. The van der Waals surface area contributed by atoms with E-state index in [9.17, 15) is 0 Å². The van der Waals surface area contributed by atoms with E-state index < -0.39 is 0 Å². The third-order valence-electron chi connectivity index (χ3n) is 3.05. The molecule has 14 heavy (non-hydrogen) atoms. The van der Waals surface area contributed by atoms with Crippen LogP contribution in [-0.4, -0.2) is 19.3 Å². The normalized spacial score (nSPS) is 27.6. The van der Waals surface area contributed by atoms with Crippen LogP contribution in [-0.2, 0) is 0 Å². The van der Waals surface area contributed by atoms with Gasteiger partial charge in [0.25, 0.3) is 0 Å². The lowest BCUT2D eigenvalue weighted by Crippen LogP contribution is -2.28. The largest absolute Gasteiger partial charge is 0.365 e. The van der Waals surface area contributed by atoms with Gasteiger partial charge in [-0.25, -0.2) is 0 Å². The van der Waals surface area contributed by atoms with Gasteiger partial charge in [0, 0.05) is 24.5 Å². The highest BCUT2D eigenvalue weighted by atomic mass is 15.2. The van der Waals surface area contributed by atoms with Gasteiger partial charge in [-0.15, -0.1) is 0 Å². The summed E-state index contributed by atoms with van der Waals surface area (Å²) in [5.41, 5.74) is 2.66. The quantitative estimate of drug-likeness (QED) is 0.603. The predicted octanol–water partition coefficient (Wildman–Crippen LogP) is 2.19. The summed E-state index contributed by atoms with van der Waals surface area (Å²) in [5.74, 6) is 0. The van der Waals surface area contributed by atoms with Crippen LogP contribution in [0.4, 0.5) is 5.69 Å². The summed E-state index contributed by atoms with van der Waals surface area (Å²) < 4.78 is 0. The summed E-state index contributed by atoms with van der Waals surface area (Å²) in [6.45, 7) is 0. The van der Waals surface area contributed by atoms with Crippen molar-refractivity contribution in [3.63, 3.8) is 0 Å². The van der Waals surface area contributed by atoms with Gasteiger partial charge in [0.15, 0.2) is 0 Å². The SMILES string of the molecule is CN1c2ccccc2C2N=CC=CC21. The number of hydrogen-bond acceptors (Lipinski definition) is 2. The highest BCUT2D eigenvalue weighted by Gasteiger charge is 2.34. The van der Waals surface area contributed by atoms with E-state index in [2.05, 4.69) is 47.3 Å². The van der Waals surface area contributed by atoms with E-state index in [0.29, 0.717) is 12.1 Å². The number of hydrogen-bond donors (Lipinski definition) is 0. The third kappa shape index (κ3) is 0.882. The molecule has 0 bridgehead atoms. The highest BCUT2D eigenvalue weighted by molar-refractivity contribution is 5.76. The monoisotopic (exact) mass is 184 g/mol. The van der Waals surface area contributed by atoms with Crippen molar-refractivity contribution in [2.24, 2.45) is 4.99 Å². The van der Waals surface area contributed by atoms with Crippen LogP contribution in [0.1, 0.15) is 11.6 Å². The number of nitrogens with zero attached hydrogens (tertiary/aromatic N) is 2. The van der Waals surface area contributed by atoms with Gasteiger partial charge in [-0.1, -0.05) is 24.3 Å². The number of rotatable bonds is 0. The van der Waals surface area contributed by atoms with Crippen molar-refractivity contribution in [3.05, 3.63) is 42.0 Å². The Morgan fingerprint density at radius 2 is 2.14 bits per heavy atom. The van der Waals surface area contributed by atoms with E-state index in [1.54, 1.807) is 0 Å². The third-order valence-corrected chi connectivity index (χ3v) is 3.05. The molecular weight excluding hydrogens is 172 g/mol. The second kappa shape index (κ2) is 2.71. The van der Waals surface area contributed by atoms with E-state index in [4.69, 9.17) is 0 Å². The van der Waals surface area contributed by atoms with Crippen molar-refractivity contribution in [1.29, 1.82) is 0 Å². The van der Waals surface area contributed by atoms with Gasteiger partial charge >= 0.3 is 0 Å². The number of aliphatic imine (C=N–C) groups is 1. The lowest BCUT2D eigenvalue weighted by atomic mass is 10.0. The van der Waals surface area contributed by atoms with Crippen LogP contribution in [0.5, 0.6) is 0 Å². The summed E-state index contributed by atoms with van der Waals surface area (Å²) in [6.07, 6.45) is 6.15. The van der Waals surface area contributed by atoms with Gasteiger partial charge in [0.05, 0.1) is 6.04 Å². The minimum atomic E-state index is 0.307. The topological polar surface area (TPSA) is 15.6 Å². The smallest absolute Gasteiger partial charge is 0.101 e. The zero-order valence-corrected chi connectivity index (χ0v) is 8.09. The molecule has 2 heteroatoms. The van der Waals surface area contributed by atoms with Gasteiger partial charge < -0.3 is 4.90 Å². The Hall–Kier alpha value is -1.57. The van der Waals surface area contributed by atoms with Crippen LogP contribution in [0.15, 0.2) is 41.4 Å². The maximum atomic E-state index is 4.53. The second-order valence-electron chi connectivity index (χ2n) is 3.79. The van der Waals surface area contributed by atoms with Crippen LogP contribution < -0.4 is 4.90 Å². The van der Waals surface area contributed by atoms with Crippen molar-refractivity contribution in [2.75, 3.05) is 11.9 Å². The molecule has 0 fully saturated rings. The van der Waals surface area contributed by atoms with Crippen molar-refractivity contribution >= 4 is 11.9 Å². The fourth-order valence-corrected chi connectivity index (χ4v) is 2.32. The van der Waals surface area contributed by atoms with E-state index in [0.717, 1.165) is 0 Å². The van der Waals surface area contributed by atoms with Gasteiger partial charge in [0.2, 0.25) is 0 Å². The Kier molecular flexibility index (Phi) is 1.51. The first-order valence-corrected chi connectivity index (χ1v) is 4.89. The zero-order chi connectivity index (χ0) is 9.54. The number of allylic oxidation sites excluding steroid dienone is 1. The average molecular weight is 184 g/mol. The molecule has 0 N–H and O–H groups in total. The molecule has 1 aromatic carbocycles. The van der Waals surface area contributed by atoms with Crippen LogP contribution >= 0.6 is 0 Å². The van der Waals surface area contributed by atoms with Crippen molar-refractivity contribution in [1.82, 2.24) is 0 Å². The summed E-state index contributed by atoms with van der Waals surface area (Å²) in [4.78, 5) is 6.83. The predicted molar refractivity (Wildman–Crippen MR) is 59.0 cm³/mol. The number of anilines is 1. The average Bonchev–Trinajstić information content (AvgIpc) is 2.55. The molecule has 0 spiro atoms. The molecule has 2 unspecified atom stereocenters. The molecule has 2 nitrogen and oxygen atoms in total. The Morgan fingerprint density at radius 1 is 1.29 bits per heavy atom. The summed E-state index contributed by atoms with van der Waals surface area (Å²) in [5, 5.41) is 0. The first kappa shape index (κ1) is 7.80. The molecule has 2 aliphatic heterocycles. The van der Waals surface area contributed by atoms with Crippen LogP contribution in [0.2, 0.25) is 0 Å². The summed E-state index contributed by atoms with van der Waals surface area (Å²) in [6, 6.07) is 9.23. The molecule has 2 aliphatic rings. The molecule has 0 radical (unpaired) electrons. The molecule has 70 valence electrons. The number of fused-ring (bicyclic) bond motifs is 3. The molecule has 0 amide bonds. The van der Waals surface area contributed by atoms with Crippen molar-refractivity contribution < 1.29 is 0 Å². The summed E-state index contributed by atoms with van der Waals surface area (Å²) >= 11 is 0. The number of para-hydroxylation sites is 1. The first-order chi connectivity index (χ1) is 6.88. The van der Waals surface area contributed by atoms with Gasteiger partial charge in [-0.05, 0) is 12.1 Å². The minimum Gasteiger partial charge on any atom is -0.365 e. The Labute approximate surface area is 83.6 Å². The van der Waals surface area contributed by atoms with Gasteiger partial charge in [-0.3, -0.25) is 4.99 Å². The van der Waals surface area contributed by atoms with E-state index in [-0.39, 0.29) is 0 Å². The first-order valence-electron chi connectivity index (χ1n) is 4.89. The van der Waals surface area contributed by atoms with Crippen LogP contribution in [0.3, 0.4) is 0 Å². The number of benzene rings is 1. The Balaban J connectivity index is 2.17.